The van der Waals surface area contributed by atoms with E-state index in [0.29, 0.717) is 43.3 Å². The fourth-order valence-corrected chi connectivity index (χ4v) is 3.76. The van der Waals surface area contributed by atoms with Gasteiger partial charge in [0.25, 0.3) is 5.91 Å². The lowest BCUT2D eigenvalue weighted by molar-refractivity contribution is -0.167. The van der Waals surface area contributed by atoms with Crippen LogP contribution in [0.3, 0.4) is 0 Å². The minimum absolute atomic E-state index is 0.209. The first-order valence-corrected chi connectivity index (χ1v) is 10.0. The van der Waals surface area contributed by atoms with Crippen LogP contribution < -0.4 is 4.74 Å². The molecule has 0 radical (unpaired) electrons. The molecule has 0 aliphatic carbocycles. The second-order valence-electron chi connectivity index (χ2n) is 7.13. The highest BCUT2D eigenvalue weighted by atomic mass is 35.5. The van der Waals surface area contributed by atoms with Gasteiger partial charge in [-0.15, -0.1) is 0 Å². The van der Waals surface area contributed by atoms with Crippen LogP contribution in [0.2, 0.25) is 5.02 Å². The van der Waals surface area contributed by atoms with Crippen LogP contribution in [-0.2, 0) is 25.5 Å². The summed E-state index contributed by atoms with van der Waals surface area (Å²) >= 11 is 6.06. The van der Waals surface area contributed by atoms with E-state index in [9.17, 15) is 9.59 Å². The number of carbonyl (C=O) groups excluding carboxylic acids is 2. The number of morpholine rings is 1. The maximum Gasteiger partial charge on any atom is 0.313 e. The van der Waals surface area contributed by atoms with Crippen LogP contribution in [-0.4, -0.2) is 49.7 Å². The summed E-state index contributed by atoms with van der Waals surface area (Å²) in [6.07, 6.45) is -0.523. The molecule has 152 valence electrons. The third kappa shape index (κ3) is 4.54. The number of rotatable bonds is 4. The summed E-state index contributed by atoms with van der Waals surface area (Å²) in [5.74, 6) is -0.453. The SMILES string of the molecule is O=C(O[C@H](C(=O)N1CCOCC1)c1ccccc1)[C@H]1COc2ccc(Cl)cc2C1. The first kappa shape index (κ1) is 19.7. The minimum Gasteiger partial charge on any atom is -0.492 e. The number of benzene rings is 2. The summed E-state index contributed by atoms with van der Waals surface area (Å²) in [5.41, 5.74) is 1.51. The molecule has 0 N–H and O–H groups in total. The predicted molar refractivity (Wildman–Crippen MR) is 107 cm³/mol. The zero-order valence-electron chi connectivity index (χ0n) is 15.9. The first-order chi connectivity index (χ1) is 14.1. The molecule has 2 atom stereocenters. The van der Waals surface area contributed by atoms with Gasteiger partial charge in [0.05, 0.1) is 19.1 Å². The van der Waals surface area contributed by atoms with Crippen molar-refractivity contribution in [3.05, 3.63) is 64.7 Å². The summed E-state index contributed by atoms with van der Waals surface area (Å²) < 4.78 is 16.8. The Hall–Kier alpha value is -2.57. The Balaban J connectivity index is 1.51. The zero-order valence-corrected chi connectivity index (χ0v) is 16.6. The lowest BCUT2D eigenvalue weighted by Gasteiger charge is -2.31. The molecule has 2 aromatic carbocycles. The van der Waals surface area contributed by atoms with Crippen molar-refractivity contribution >= 4 is 23.5 Å². The second kappa shape index (κ2) is 8.84. The van der Waals surface area contributed by atoms with Gasteiger partial charge in [-0.25, -0.2) is 0 Å². The van der Waals surface area contributed by atoms with E-state index in [0.717, 1.165) is 11.3 Å². The summed E-state index contributed by atoms with van der Waals surface area (Å²) in [7, 11) is 0. The topological polar surface area (TPSA) is 65.1 Å². The Labute approximate surface area is 174 Å². The van der Waals surface area contributed by atoms with Crippen molar-refractivity contribution in [2.24, 2.45) is 5.92 Å². The maximum absolute atomic E-state index is 13.1. The Morgan fingerprint density at radius 2 is 1.86 bits per heavy atom. The number of hydrogen-bond donors (Lipinski definition) is 0. The number of hydrogen-bond acceptors (Lipinski definition) is 5. The predicted octanol–water partition coefficient (Wildman–Crippen LogP) is 3.03. The molecule has 0 aromatic heterocycles. The summed E-state index contributed by atoms with van der Waals surface area (Å²) in [6, 6.07) is 14.4. The van der Waals surface area contributed by atoms with Crippen molar-refractivity contribution in [1.29, 1.82) is 0 Å². The molecule has 0 saturated carbocycles. The van der Waals surface area contributed by atoms with E-state index in [4.69, 9.17) is 25.8 Å². The zero-order chi connectivity index (χ0) is 20.2. The molecule has 1 fully saturated rings. The monoisotopic (exact) mass is 415 g/mol. The maximum atomic E-state index is 13.1. The molecule has 7 heteroatoms. The summed E-state index contributed by atoms with van der Waals surface area (Å²) in [6.45, 7) is 2.14. The molecule has 29 heavy (non-hydrogen) atoms. The van der Waals surface area contributed by atoms with Crippen LogP contribution in [0.25, 0.3) is 0 Å². The van der Waals surface area contributed by atoms with Crippen LogP contribution >= 0.6 is 11.6 Å². The fraction of sp³-hybridized carbons (Fsp3) is 0.364. The smallest absolute Gasteiger partial charge is 0.313 e. The number of fused-ring (bicyclic) bond motifs is 1. The van der Waals surface area contributed by atoms with Crippen molar-refractivity contribution in [1.82, 2.24) is 4.90 Å². The Morgan fingerprint density at radius 3 is 2.62 bits per heavy atom. The normalized spacial score (nSPS) is 19.6. The number of ether oxygens (including phenoxy) is 3. The second-order valence-corrected chi connectivity index (χ2v) is 7.57. The first-order valence-electron chi connectivity index (χ1n) is 9.65. The van der Waals surface area contributed by atoms with E-state index < -0.39 is 18.0 Å². The van der Waals surface area contributed by atoms with Crippen molar-refractivity contribution in [2.75, 3.05) is 32.9 Å². The number of amides is 1. The Bertz CT molecular complexity index is 882. The van der Waals surface area contributed by atoms with Crippen molar-refractivity contribution in [3.63, 3.8) is 0 Å². The highest BCUT2D eigenvalue weighted by Gasteiger charge is 2.34. The molecule has 2 aromatic rings. The number of carbonyl (C=O) groups is 2. The molecule has 2 aliphatic rings. The molecular formula is C22H22ClNO5. The van der Waals surface area contributed by atoms with Gasteiger partial charge in [-0.1, -0.05) is 41.9 Å². The number of esters is 1. The highest BCUT2D eigenvalue weighted by Crippen LogP contribution is 2.31. The molecular weight excluding hydrogens is 394 g/mol. The van der Waals surface area contributed by atoms with Crippen molar-refractivity contribution in [3.8, 4) is 5.75 Å². The van der Waals surface area contributed by atoms with Crippen LogP contribution in [0, 0.1) is 5.92 Å². The Kier molecular flexibility index (Phi) is 6.02. The van der Waals surface area contributed by atoms with E-state index in [2.05, 4.69) is 0 Å². The lowest BCUT2D eigenvalue weighted by atomic mass is 9.96. The third-order valence-electron chi connectivity index (χ3n) is 5.15. The molecule has 0 unspecified atom stereocenters. The molecule has 2 aliphatic heterocycles. The average molecular weight is 416 g/mol. The van der Waals surface area contributed by atoms with Gasteiger partial charge in [-0.2, -0.15) is 0 Å². The quantitative estimate of drug-likeness (QED) is 0.718. The van der Waals surface area contributed by atoms with Gasteiger partial charge >= 0.3 is 5.97 Å². The summed E-state index contributed by atoms with van der Waals surface area (Å²) in [5, 5.41) is 0.589. The van der Waals surface area contributed by atoms with Crippen LogP contribution in [0.1, 0.15) is 17.2 Å². The highest BCUT2D eigenvalue weighted by molar-refractivity contribution is 6.30. The molecule has 4 rings (SSSR count). The van der Waals surface area contributed by atoms with Gasteiger partial charge in [0.1, 0.15) is 12.4 Å². The third-order valence-corrected chi connectivity index (χ3v) is 5.38. The van der Waals surface area contributed by atoms with E-state index in [1.807, 2.05) is 18.2 Å². The molecule has 6 nitrogen and oxygen atoms in total. The van der Waals surface area contributed by atoms with E-state index in [1.54, 1.807) is 35.2 Å². The minimum atomic E-state index is -0.984. The van der Waals surface area contributed by atoms with Crippen LogP contribution in [0.15, 0.2) is 48.5 Å². The van der Waals surface area contributed by atoms with Crippen LogP contribution in [0.5, 0.6) is 5.75 Å². The molecule has 1 amide bonds. The van der Waals surface area contributed by atoms with E-state index in [-0.39, 0.29) is 12.5 Å². The van der Waals surface area contributed by atoms with Gasteiger partial charge in [-0.05, 0) is 30.2 Å². The number of nitrogens with zero attached hydrogens (tertiary/aromatic N) is 1. The summed E-state index contributed by atoms with van der Waals surface area (Å²) in [4.78, 5) is 27.7. The van der Waals surface area contributed by atoms with Gasteiger partial charge in [0, 0.05) is 23.7 Å². The molecule has 2 heterocycles. The van der Waals surface area contributed by atoms with Gasteiger partial charge in [0.2, 0.25) is 6.10 Å². The molecule has 0 spiro atoms. The van der Waals surface area contributed by atoms with Crippen molar-refractivity contribution < 1.29 is 23.8 Å². The molecule has 1 saturated heterocycles. The molecule has 0 bridgehead atoms. The van der Waals surface area contributed by atoms with Gasteiger partial charge in [0.15, 0.2) is 0 Å². The van der Waals surface area contributed by atoms with Crippen LogP contribution in [0.4, 0.5) is 0 Å². The average Bonchev–Trinajstić information content (AvgIpc) is 2.77. The number of halogens is 1. The fourth-order valence-electron chi connectivity index (χ4n) is 3.57. The lowest BCUT2D eigenvalue weighted by Crippen LogP contribution is -2.44. The largest absolute Gasteiger partial charge is 0.492 e. The van der Waals surface area contributed by atoms with Gasteiger partial charge < -0.3 is 19.1 Å². The van der Waals surface area contributed by atoms with Gasteiger partial charge in [-0.3, -0.25) is 9.59 Å². The van der Waals surface area contributed by atoms with Crippen molar-refractivity contribution in [2.45, 2.75) is 12.5 Å². The van der Waals surface area contributed by atoms with E-state index >= 15 is 0 Å². The Morgan fingerprint density at radius 1 is 1.10 bits per heavy atom. The van der Waals surface area contributed by atoms with E-state index in [1.165, 1.54) is 0 Å². The standard InChI is InChI=1S/C22H22ClNO5/c23-18-6-7-19-16(13-18)12-17(14-28-19)22(26)29-20(15-4-2-1-3-5-15)21(25)24-8-10-27-11-9-24/h1-7,13,17,20H,8-12,14H2/t17-,20+/m1/s1.